The summed E-state index contributed by atoms with van der Waals surface area (Å²) >= 11 is 0. The molecule has 0 fully saturated rings. The monoisotopic (exact) mass is 232 g/mol. The number of aliphatic hydroxyl groups is 2. The predicted octanol–water partition coefficient (Wildman–Crippen LogP) is -0.422. The van der Waals surface area contributed by atoms with Gasteiger partial charge in [-0.2, -0.15) is 0 Å². The highest BCUT2D eigenvalue weighted by atomic mass is 16.3. The normalized spacial score (nSPS) is 11.6. The summed E-state index contributed by atoms with van der Waals surface area (Å²) in [5.74, 6) is -0.0418. The molecule has 0 bridgehead atoms. The molecule has 0 aromatic carbocycles. The second-order valence-electron chi connectivity index (χ2n) is 4.75. The minimum Gasteiger partial charge on any atom is -0.395 e. The van der Waals surface area contributed by atoms with Crippen molar-refractivity contribution in [1.82, 2.24) is 10.2 Å². The molecule has 0 saturated heterocycles. The number of hydrogen-bond donors (Lipinski definition) is 3. The maximum Gasteiger partial charge on any atom is 0.224 e. The topological polar surface area (TPSA) is 72.8 Å². The molecule has 5 nitrogen and oxygen atoms in total. The Morgan fingerprint density at radius 2 is 1.69 bits per heavy atom. The molecular formula is C11H24N2O3. The third kappa shape index (κ3) is 7.62. The van der Waals surface area contributed by atoms with Crippen LogP contribution in [0.25, 0.3) is 0 Å². The van der Waals surface area contributed by atoms with Gasteiger partial charge in [-0.1, -0.05) is 0 Å². The summed E-state index contributed by atoms with van der Waals surface area (Å²) in [6.07, 6.45) is 0.386. The van der Waals surface area contributed by atoms with E-state index >= 15 is 0 Å². The van der Waals surface area contributed by atoms with Crippen LogP contribution in [0.3, 0.4) is 0 Å². The first-order valence-corrected chi connectivity index (χ1v) is 5.65. The van der Waals surface area contributed by atoms with Gasteiger partial charge in [-0.05, 0) is 20.8 Å². The second kappa shape index (κ2) is 7.60. The molecule has 0 aromatic rings. The molecule has 0 unspecified atom stereocenters. The molecule has 0 atom stereocenters. The predicted molar refractivity (Wildman–Crippen MR) is 63.1 cm³/mol. The van der Waals surface area contributed by atoms with Crippen molar-refractivity contribution in [1.29, 1.82) is 0 Å². The van der Waals surface area contributed by atoms with Crippen LogP contribution >= 0.6 is 0 Å². The number of carbonyl (C=O) groups excluding carboxylic acids is 1. The van der Waals surface area contributed by atoms with E-state index < -0.39 is 0 Å². The Morgan fingerprint density at radius 1 is 1.19 bits per heavy atom. The molecule has 0 radical (unpaired) electrons. The van der Waals surface area contributed by atoms with E-state index in [-0.39, 0.29) is 37.7 Å². The largest absolute Gasteiger partial charge is 0.395 e. The molecule has 16 heavy (non-hydrogen) atoms. The lowest BCUT2D eigenvalue weighted by molar-refractivity contribution is -0.132. The molecule has 0 rings (SSSR count). The van der Waals surface area contributed by atoms with Crippen LogP contribution in [0, 0.1) is 0 Å². The Hall–Kier alpha value is -0.650. The first kappa shape index (κ1) is 15.3. The van der Waals surface area contributed by atoms with E-state index in [1.54, 1.807) is 0 Å². The Bertz CT molecular complexity index is 196. The first-order valence-electron chi connectivity index (χ1n) is 5.65. The highest BCUT2D eigenvalue weighted by Gasteiger charge is 2.14. The van der Waals surface area contributed by atoms with Crippen LogP contribution in [-0.2, 0) is 4.79 Å². The average molecular weight is 232 g/mol. The molecular weight excluding hydrogens is 208 g/mol. The van der Waals surface area contributed by atoms with Gasteiger partial charge in [0.05, 0.1) is 13.2 Å². The minimum atomic E-state index is -0.0710. The standard InChI is InChI=1S/C11H24N2O3/c1-11(2,3)12-5-4-10(16)13(6-8-14)7-9-15/h12,14-15H,4-9H2,1-3H3. The second-order valence-corrected chi connectivity index (χ2v) is 4.75. The summed E-state index contributed by atoms with van der Waals surface area (Å²) in [7, 11) is 0. The van der Waals surface area contributed by atoms with Crippen LogP contribution < -0.4 is 5.32 Å². The minimum absolute atomic E-state index is 0.000926. The SMILES string of the molecule is CC(C)(C)NCCC(=O)N(CCO)CCO. The van der Waals surface area contributed by atoms with Crippen molar-refractivity contribution < 1.29 is 15.0 Å². The summed E-state index contributed by atoms with van der Waals surface area (Å²) < 4.78 is 0. The summed E-state index contributed by atoms with van der Waals surface area (Å²) in [5, 5.41) is 20.8. The van der Waals surface area contributed by atoms with Gasteiger partial charge >= 0.3 is 0 Å². The summed E-state index contributed by atoms with van der Waals surface area (Å²) in [6.45, 7) is 7.15. The lowest BCUT2D eigenvalue weighted by Crippen LogP contribution is -2.41. The number of hydrogen-bond acceptors (Lipinski definition) is 4. The number of rotatable bonds is 7. The molecule has 0 aliphatic heterocycles. The van der Waals surface area contributed by atoms with Crippen molar-refractivity contribution >= 4 is 5.91 Å². The van der Waals surface area contributed by atoms with E-state index in [4.69, 9.17) is 10.2 Å². The molecule has 0 spiro atoms. The zero-order valence-corrected chi connectivity index (χ0v) is 10.5. The number of nitrogens with one attached hydrogen (secondary N) is 1. The van der Waals surface area contributed by atoms with Crippen LogP contribution in [0.4, 0.5) is 0 Å². The third-order valence-electron chi connectivity index (χ3n) is 2.09. The van der Waals surface area contributed by atoms with Gasteiger partial charge < -0.3 is 20.4 Å². The molecule has 5 heteroatoms. The van der Waals surface area contributed by atoms with E-state index in [0.717, 1.165) is 0 Å². The quantitative estimate of drug-likeness (QED) is 0.557. The molecule has 0 heterocycles. The maximum absolute atomic E-state index is 11.7. The van der Waals surface area contributed by atoms with Gasteiger partial charge in [-0.15, -0.1) is 0 Å². The highest BCUT2D eigenvalue weighted by molar-refractivity contribution is 5.76. The summed E-state index contributed by atoms with van der Waals surface area (Å²) in [5.41, 5.74) is -0.000926. The fourth-order valence-electron chi connectivity index (χ4n) is 1.31. The van der Waals surface area contributed by atoms with Crippen molar-refractivity contribution in [2.24, 2.45) is 0 Å². The molecule has 0 aliphatic carbocycles. The van der Waals surface area contributed by atoms with Crippen molar-refractivity contribution in [3.63, 3.8) is 0 Å². The fourth-order valence-corrected chi connectivity index (χ4v) is 1.31. The fraction of sp³-hybridized carbons (Fsp3) is 0.909. The number of carbonyl (C=O) groups is 1. The van der Waals surface area contributed by atoms with Crippen molar-refractivity contribution in [3.8, 4) is 0 Å². The first-order chi connectivity index (χ1) is 7.40. The van der Waals surface area contributed by atoms with Crippen LogP contribution in [0.1, 0.15) is 27.2 Å². The molecule has 3 N–H and O–H groups in total. The molecule has 0 aliphatic rings. The van der Waals surface area contributed by atoms with Gasteiger partial charge in [0.25, 0.3) is 0 Å². The molecule has 96 valence electrons. The summed E-state index contributed by atoms with van der Waals surface area (Å²) in [4.78, 5) is 13.1. The Morgan fingerprint density at radius 3 is 2.06 bits per heavy atom. The van der Waals surface area contributed by atoms with E-state index in [1.807, 2.05) is 20.8 Å². The van der Waals surface area contributed by atoms with Crippen molar-refractivity contribution in [2.45, 2.75) is 32.7 Å². The van der Waals surface area contributed by atoms with Gasteiger partial charge in [-0.25, -0.2) is 0 Å². The average Bonchev–Trinajstić information content (AvgIpc) is 2.15. The number of amides is 1. The van der Waals surface area contributed by atoms with Gasteiger partial charge in [0.15, 0.2) is 0 Å². The van der Waals surface area contributed by atoms with Gasteiger partial charge in [0.2, 0.25) is 5.91 Å². The Balaban J connectivity index is 3.91. The van der Waals surface area contributed by atoms with E-state index in [9.17, 15) is 4.79 Å². The molecule has 0 saturated carbocycles. The van der Waals surface area contributed by atoms with E-state index in [2.05, 4.69) is 5.32 Å². The Labute approximate surface area is 97.4 Å². The molecule has 1 amide bonds. The highest BCUT2D eigenvalue weighted by Crippen LogP contribution is 1.99. The van der Waals surface area contributed by atoms with E-state index in [0.29, 0.717) is 13.0 Å². The lowest BCUT2D eigenvalue weighted by atomic mass is 10.1. The van der Waals surface area contributed by atoms with Crippen molar-refractivity contribution in [3.05, 3.63) is 0 Å². The third-order valence-corrected chi connectivity index (χ3v) is 2.09. The van der Waals surface area contributed by atoms with Crippen LogP contribution in [0.2, 0.25) is 0 Å². The van der Waals surface area contributed by atoms with Crippen LogP contribution in [0.5, 0.6) is 0 Å². The smallest absolute Gasteiger partial charge is 0.224 e. The van der Waals surface area contributed by atoms with Gasteiger partial charge in [-0.3, -0.25) is 4.79 Å². The Kier molecular flexibility index (Phi) is 7.29. The zero-order valence-electron chi connectivity index (χ0n) is 10.5. The lowest BCUT2D eigenvalue weighted by Gasteiger charge is -2.23. The number of nitrogens with zero attached hydrogens (tertiary/aromatic N) is 1. The maximum atomic E-state index is 11.7. The zero-order chi connectivity index (χ0) is 12.6. The van der Waals surface area contributed by atoms with Gasteiger partial charge in [0.1, 0.15) is 0 Å². The van der Waals surface area contributed by atoms with Crippen LogP contribution in [0.15, 0.2) is 0 Å². The van der Waals surface area contributed by atoms with Crippen molar-refractivity contribution in [2.75, 3.05) is 32.8 Å². The van der Waals surface area contributed by atoms with Crippen LogP contribution in [-0.4, -0.2) is 59.4 Å². The summed E-state index contributed by atoms with van der Waals surface area (Å²) in [6, 6.07) is 0. The van der Waals surface area contributed by atoms with E-state index in [1.165, 1.54) is 4.90 Å². The van der Waals surface area contributed by atoms with Gasteiger partial charge in [0, 0.05) is 31.6 Å². The number of aliphatic hydroxyl groups excluding tert-OH is 2. The molecule has 0 aromatic heterocycles.